The lowest BCUT2D eigenvalue weighted by Crippen LogP contribution is -2.50. The number of nitrogens with one attached hydrogen (secondary N) is 1. The number of nitrogens with zero attached hydrogens (tertiary/aromatic N) is 2. The number of carbonyl (C=O) groups is 3. The lowest BCUT2D eigenvalue weighted by atomic mass is 10.0. The van der Waals surface area contributed by atoms with E-state index in [2.05, 4.69) is 12.2 Å². The van der Waals surface area contributed by atoms with Crippen molar-refractivity contribution in [3.63, 3.8) is 0 Å². The van der Waals surface area contributed by atoms with Crippen LogP contribution in [0.4, 0.5) is 5.69 Å². The van der Waals surface area contributed by atoms with Gasteiger partial charge in [-0.15, -0.1) is 0 Å². The summed E-state index contributed by atoms with van der Waals surface area (Å²) in [6.07, 6.45) is 3.01. The number of benzene rings is 4. The van der Waals surface area contributed by atoms with Gasteiger partial charge in [0.15, 0.2) is 0 Å². The number of amides is 3. The maximum Gasteiger partial charge on any atom is 0.258 e. The summed E-state index contributed by atoms with van der Waals surface area (Å²) in [6.45, 7) is 5.47. The lowest BCUT2D eigenvalue weighted by Gasteiger charge is -2.32. The van der Waals surface area contributed by atoms with E-state index in [4.69, 9.17) is 0 Å². The van der Waals surface area contributed by atoms with Gasteiger partial charge in [-0.05, 0) is 48.4 Å². The molecule has 0 saturated carbocycles. The molecule has 1 aliphatic rings. The van der Waals surface area contributed by atoms with Crippen molar-refractivity contribution in [2.45, 2.75) is 58.5 Å². The second kappa shape index (κ2) is 13.5. The van der Waals surface area contributed by atoms with Crippen LogP contribution in [-0.2, 0) is 22.6 Å². The Morgan fingerprint density at radius 3 is 2.33 bits per heavy atom. The molecule has 6 nitrogen and oxygen atoms in total. The molecule has 0 aliphatic carbocycles. The van der Waals surface area contributed by atoms with Gasteiger partial charge in [0.1, 0.15) is 6.04 Å². The minimum Gasteiger partial charge on any atom is -0.354 e. The van der Waals surface area contributed by atoms with E-state index in [1.807, 2.05) is 97.9 Å². The van der Waals surface area contributed by atoms with Crippen molar-refractivity contribution < 1.29 is 14.4 Å². The van der Waals surface area contributed by atoms with Gasteiger partial charge in [-0.3, -0.25) is 14.4 Å². The van der Waals surface area contributed by atoms with Gasteiger partial charge in [-0.2, -0.15) is 0 Å². The van der Waals surface area contributed by atoms with Gasteiger partial charge in [0.05, 0.1) is 5.69 Å². The van der Waals surface area contributed by atoms with Gasteiger partial charge >= 0.3 is 0 Å². The van der Waals surface area contributed by atoms with Crippen LogP contribution in [-0.4, -0.2) is 41.8 Å². The zero-order chi connectivity index (χ0) is 29.5. The van der Waals surface area contributed by atoms with Crippen LogP contribution in [0.1, 0.15) is 59.7 Å². The SMILES string of the molecule is CCCCNC(=O)C(Cc1ccccc1)N(Cc1ccc(C)cc1)C(=O)CCCN1C(=O)c2cccc3cccc1c23. The van der Waals surface area contributed by atoms with E-state index in [1.165, 1.54) is 0 Å². The molecular formula is C36H39N3O3. The molecule has 4 aromatic carbocycles. The number of aryl methyl sites for hydroxylation is 1. The van der Waals surface area contributed by atoms with Gasteiger partial charge in [0.25, 0.3) is 5.91 Å². The Labute approximate surface area is 248 Å². The zero-order valence-electron chi connectivity index (χ0n) is 24.5. The van der Waals surface area contributed by atoms with Crippen LogP contribution >= 0.6 is 0 Å². The van der Waals surface area contributed by atoms with Crippen molar-refractivity contribution in [1.29, 1.82) is 0 Å². The molecule has 6 heteroatoms. The number of anilines is 1. The van der Waals surface area contributed by atoms with E-state index in [9.17, 15) is 14.4 Å². The summed E-state index contributed by atoms with van der Waals surface area (Å²) in [5, 5.41) is 5.09. The van der Waals surface area contributed by atoms with Crippen molar-refractivity contribution in [2.24, 2.45) is 0 Å². The summed E-state index contributed by atoms with van der Waals surface area (Å²) < 4.78 is 0. The number of rotatable bonds is 13. The smallest absolute Gasteiger partial charge is 0.258 e. The summed E-state index contributed by atoms with van der Waals surface area (Å²) in [5.41, 5.74) is 4.73. The van der Waals surface area contributed by atoms with Crippen LogP contribution in [0.15, 0.2) is 91.0 Å². The molecule has 0 aromatic heterocycles. The van der Waals surface area contributed by atoms with Crippen LogP contribution in [0.3, 0.4) is 0 Å². The monoisotopic (exact) mass is 561 g/mol. The van der Waals surface area contributed by atoms with Crippen LogP contribution in [0.2, 0.25) is 0 Å². The van der Waals surface area contributed by atoms with Crippen molar-refractivity contribution >= 4 is 34.2 Å². The van der Waals surface area contributed by atoms with Crippen LogP contribution in [0, 0.1) is 6.92 Å². The molecule has 1 aliphatic heterocycles. The van der Waals surface area contributed by atoms with E-state index in [0.717, 1.165) is 46.0 Å². The molecule has 0 bridgehead atoms. The molecule has 1 N–H and O–H groups in total. The van der Waals surface area contributed by atoms with E-state index in [1.54, 1.807) is 9.80 Å². The second-order valence-corrected chi connectivity index (χ2v) is 11.1. The summed E-state index contributed by atoms with van der Waals surface area (Å²) in [7, 11) is 0. The van der Waals surface area contributed by atoms with Crippen molar-refractivity contribution in [3.8, 4) is 0 Å². The van der Waals surface area contributed by atoms with Crippen LogP contribution in [0.25, 0.3) is 10.8 Å². The Kier molecular flexibility index (Phi) is 9.32. The Balaban J connectivity index is 1.36. The Morgan fingerprint density at radius 1 is 0.857 bits per heavy atom. The van der Waals surface area contributed by atoms with Gasteiger partial charge in [0.2, 0.25) is 11.8 Å². The minimum absolute atomic E-state index is 0.0250. The third-order valence-corrected chi connectivity index (χ3v) is 8.00. The van der Waals surface area contributed by atoms with Gasteiger partial charge in [0, 0.05) is 43.4 Å². The molecular weight excluding hydrogens is 522 g/mol. The molecule has 0 saturated heterocycles. The average molecular weight is 562 g/mol. The van der Waals surface area contributed by atoms with Gasteiger partial charge < -0.3 is 15.1 Å². The molecule has 42 heavy (non-hydrogen) atoms. The fourth-order valence-electron chi connectivity index (χ4n) is 5.68. The highest BCUT2D eigenvalue weighted by Gasteiger charge is 2.32. The van der Waals surface area contributed by atoms with Crippen LogP contribution < -0.4 is 10.2 Å². The van der Waals surface area contributed by atoms with Crippen LogP contribution in [0.5, 0.6) is 0 Å². The predicted octanol–water partition coefficient (Wildman–Crippen LogP) is 6.45. The molecule has 4 aromatic rings. The minimum atomic E-state index is -0.649. The standard InChI is InChI=1S/C36H39N3O3/c1-3-4-22-37-35(41)32(24-27-11-6-5-7-12-27)39(25-28-20-18-26(2)19-21-28)33(40)17-10-23-38-31-16-9-14-29-13-8-15-30(34(29)31)36(38)42/h5-9,11-16,18-21,32H,3-4,10,17,22-25H2,1-2H3,(H,37,41). The molecule has 3 amide bonds. The number of hydrogen-bond donors (Lipinski definition) is 1. The summed E-state index contributed by atoms with van der Waals surface area (Å²) >= 11 is 0. The lowest BCUT2D eigenvalue weighted by molar-refractivity contribution is -0.141. The molecule has 216 valence electrons. The van der Waals surface area contributed by atoms with Gasteiger partial charge in [-0.1, -0.05) is 97.8 Å². The predicted molar refractivity (Wildman–Crippen MR) is 168 cm³/mol. The van der Waals surface area contributed by atoms with Crippen molar-refractivity contribution in [3.05, 3.63) is 113 Å². The number of unbranched alkanes of at least 4 members (excludes halogenated alkanes) is 1. The summed E-state index contributed by atoms with van der Waals surface area (Å²) in [4.78, 5) is 44.4. The quantitative estimate of drug-likeness (QED) is 0.191. The molecule has 0 radical (unpaired) electrons. The number of carbonyl (C=O) groups excluding carboxylic acids is 3. The first-order valence-corrected chi connectivity index (χ1v) is 15.0. The second-order valence-electron chi connectivity index (χ2n) is 11.1. The van der Waals surface area contributed by atoms with Gasteiger partial charge in [-0.25, -0.2) is 0 Å². The first-order chi connectivity index (χ1) is 20.5. The fraction of sp³-hybridized carbons (Fsp3) is 0.306. The molecule has 0 spiro atoms. The van der Waals surface area contributed by atoms with Crippen molar-refractivity contribution in [2.75, 3.05) is 18.0 Å². The highest BCUT2D eigenvalue weighted by molar-refractivity contribution is 6.25. The highest BCUT2D eigenvalue weighted by Crippen LogP contribution is 2.37. The van der Waals surface area contributed by atoms with E-state index < -0.39 is 6.04 Å². The van der Waals surface area contributed by atoms with Crippen molar-refractivity contribution in [1.82, 2.24) is 10.2 Å². The Hall–Kier alpha value is -4.45. The highest BCUT2D eigenvalue weighted by atomic mass is 16.2. The maximum atomic E-state index is 14.0. The fourth-order valence-corrected chi connectivity index (χ4v) is 5.68. The first-order valence-electron chi connectivity index (χ1n) is 15.0. The normalized spacial score (nSPS) is 12.9. The summed E-state index contributed by atoms with van der Waals surface area (Å²) in [5.74, 6) is -0.253. The maximum absolute atomic E-state index is 14.0. The average Bonchev–Trinajstić information content (AvgIpc) is 3.28. The topological polar surface area (TPSA) is 69.7 Å². The third kappa shape index (κ3) is 6.54. The Bertz CT molecular complexity index is 1540. The Morgan fingerprint density at radius 2 is 1.60 bits per heavy atom. The van der Waals surface area contributed by atoms with E-state index in [0.29, 0.717) is 38.0 Å². The summed E-state index contributed by atoms with van der Waals surface area (Å²) in [6, 6.07) is 29.1. The molecule has 1 unspecified atom stereocenters. The largest absolute Gasteiger partial charge is 0.354 e. The zero-order valence-corrected chi connectivity index (χ0v) is 24.5. The van der Waals surface area contributed by atoms with E-state index >= 15 is 0 Å². The first kappa shape index (κ1) is 29.1. The number of hydrogen-bond acceptors (Lipinski definition) is 3. The molecule has 1 atom stereocenters. The third-order valence-electron chi connectivity index (χ3n) is 8.00. The molecule has 1 heterocycles. The van der Waals surface area contributed by atoms with E-state index in [-0.39, 0.29) is 24.1 Å². The molecule has 5 rings (SSSR count). The molecule has 0 fully saturated rings.